The maximum absolute atomic E-state index is 11.9. The molecule has 1 aliphatic carbocycles. The molecular formula is C17H25NO2. The van der Waals surface area contributed by atoms with Crippen molar-refractivity contribution in [2.24, 2.45) is 0 Å². The molecule has 0 saturated carbocycles. The molecule has 0 radical (unpaired) electrons. The van der Waals surface area contributed by atoms with Crippen LogP contribution in [0.5, 0.6) is 0 Å². The summed E-state index contributed by atoms with van der Waals surface area (Å²) < 4.78 is 5.65. The highest BCUT2D eigenvalue weighted by atomic mass is 16.5. The van der Waals surface area contributed by atoms with Gasteiger partial charge in [-0.05, 0) is 51.2 Å². The van der Waals surface area contributed by atoms with Gasteiger partial charge in [0.2, 0.25) is 0 Å². The molecule has 1 atom stereocenters. The Balaban J connectivity index is 1.86. The Labute approximate surface area is 121 Å². The van der Waals surface area contributed by atoms with Gasteiger partial charge in [0.15, 0.2) is 0 Å². The fourth-order valence-corrected chi connectivity index (χ4v) is 2.59. The highest BCUT2D eigenvalue weighted by Gasteiger charge is 2.23. The molecule has 110 valence electrons. The number of aryl methyl sites for hydroxylation is 1. The zero-order valence-electron chi connectivity index (χ0n) is 12.7. The van der Waals surface area contributed by atoms with E-state index >= 15 is 0 Å². The molecule has 0 fully saturated rings. The van der Waals surface area contributed by atoms with Gasteiger partial charge in [-0.25, -0.2) is 0 Å². The van der Waals surface area contributed by atoms with Gasteiger partial charge in [-0.1, -0.05) is 24.3 Å². The number of esters is 1. The van der Waals surface area contributed by atoms with Crippen LogP contribution >= 0.6 is 0 Å². The Kier molecular flexibility index (Phi) is 4.81. The van der Waals surface area contributed by atoms with Gasteiger partial charge in [-0.15, -0.1) is 0 Å². The first-order chi connectivity index (χ1) is 9.46. The molecule has 1 unspecified atom stereocenters. The van der Waals surface area contributed by atoms with E-state index in [9.17, 15) is 4.79 Å². The number of hydrogen-bond acceptors (Lipinski definition) is 3. The minimum Gasteiger partial charge on any atom is -0.457 e. The van der Waals surface area contributed by atoms with Crippen molar-refractivity contribution in [3.63, 3.8) is 0 Å². The second kappa shape index (κ2) is 6.40. The van der Waals surface area contributed by atoms with Gasteiger partial charge in [0.05, 0.1) is 6.42 Å². The van der Waals surface area contributed by atoms with Crippen LogP contribution in [0, 0.1) is 0 Å². The monoisotopic (exact) mass is 275 g/mol. The molecule has 0 bridgehead atoms. The van der Waals surface area contributed by atoms with Crippen molar-refractivity contribution in [1.82, 2.24) is 5.32 Å². The molecule has 0 amide bonds. The lowest BCUT2D eigenvalue weighted by atomic mass is 9.89. The van der Waals surface area contributed by atoms with Gasteiger partial charge in [-0.3, -0.25) is 4.79 Å². The average Bonchev–Trinajstić information content (AvgIpc) is 2.37. The Bertz CT molecular complexity index is 462. The first-order valence-electron chi connectivity index (χ1n) is 7.48. The average molecular weight is 275 g/mol. The van der Waals surface area contributed by atoms with Gasteiger partial charge in [0.25, 0.3) is 0 Å². The molecule has 0 spiro atoms. The summed E-state index contributed by atoms with van der Waals surface area (Å²) in [6.45, 7) is 6.94. The van der Waals surface area contributed by atoms with Crippen LogP contribution in [0.15, 0.2) is 24.3 Å². The number of benzene rings is 1. The lowest BCUT2D eigenvalue weighted by Gasteiger charge is -2.26. The van der Waals surface area contributed by atoms with E-state index in [0.29, 0.717) is 13.0 Å². The smallest absolute Gasteiger partial charge is 0.307 e. The molecule has 2 rings (SSSR count). The number of fused-ring (bicyclic) bond motifs is 1. The topological polar surface area (TPSA) is 38.3 Å². The summed E-state index contributed by atoms with van der Waals surface area (Å²) in [5, 5.41) is 3.31. The van der Waals surface area contributed by atoms with E-state index in [-0.39, 0.29) is 17.6 Å². The van der Waals surface area contributed by atoms with Gasteiger partial charge in [0, 0.05) is 12.1 Å². The van der Waals surface area contributed by atoms with Crippen LogP contribution in [0.2, 0.25) is 0 Å². The predicted octanol–water partition coefficient (Wildman–Crippen LogP) is 3.39. The predicted molar refractivity (Wildman–Crippen MR) is 80.6 cm³/mol. The van der Waals surface area contributed by atoms with E-state index in [1.165, 1.54) is 11.1 Å². The van der Waals surface area contributed by atoms with E-state index < -0.39 is 0 Å². The second-order valence-corrected chi connectivity index (χ2v) is 6.50. The normalized spacial score (nSPS) is 18.4. The van der Waals surface area contributed by atoms with Crippen molar-refractivity contribution >= 4 is 5.97 Å². The van der Waals surface area contributed by atoms with Crippen LogP contribution in [0.4, 0.5) is 0 Å². The quantitative estimate of drug-likeness (QED) is 0.856. The molecular weight excluding hydrogens is 250 g/mol. The summed E-state index contributed by atoms with van der Waals surface area (Å²) in [6.07, 6.45) is 3.50. The SMILES string of the molecule is CC(C)(C)NCCC(=O)OC1CCCc2ccccc21. The summed E-state index contributed by atoms with van der Waals surface area (Å²) >= 11 is 0. The van der Waals surface area contributed by atoms with E-state index in [1.54, 1.807) is 0 Å². The molecule has 3 nitrogen and oxygen atoms in total. The molecule has 0 aromatic heterocycles. The summed E-state index contributed by atoms with van der Waals surface area (Å²) in [6, 6.07) is 8.29. The van der Waals surface area contributed by atoms with Crippen LogP contribution in [0.1, 0.15) is 57.3 Å². The van der Waals surface area contributed by atoms with Crippen LogP contribution in [0.25, 0.3) is 0 Å². The van der Waals surface area contributed by atoms with Crippen molar-refractivity contribution in [3.05, 3.63) is 35.4 Å². The molecule has 0 heterocycles. The van der Waals surface area contributed by atoms with Crippen molar-refractivity contribution in [2.75, 3.05) is 6.54 Å². The molecule has 20 heavy (non-hydrogen) atoms. The largest absolute Gasteiger partial charge is 0.457 e. The van der Waals surface area contributed by atoms with Crippen LogP contribution < -0.4 is 5.32 Å². The number of hydrogen-bond donors (Lipinski definition) is 1. The van der Waals surface area contributed by atoms with E-state index in [4.69, 9.17) is 4.74 Å². The maximum Gasteiger partial charge on any atom is 0.307 e. The standard InChI is InChI=1S/C17H25NO2/c1-17(2,3)18-12-11-16(19)20-15-10-6-8-13-7-4-5-9-14(13)15/h4-5,7,9,15,18H,6,8,10-12H2,1-3H3. The molecule has 1 aromatic rings. The lowest BCUT2D eigenvalue weighted by molar-refractivity contribution is -0.150. The highest BCUT2D eigenvalue weighted by molar-refractivity contribution is 5.70. The molecule has 3 heteroatoms. The second-order valence-electron chi connectivity index (χ2n) is 6.50. The van der Waals surface area contributed by atoms with Gasteiger partial charge < -0.3 is 10.1 Å². The van der Waals surface area contributed by atoms with Crippen molar-refractivity contribution in [1.29, 1.82) is 0 Å². The van der Waals surface area contributed by atoms with E-state index in [1.807, 2.05) is 6.07 Å². The summed E-state index contributed by atoms with van der Waals surface area (Å²) in [4.78, 5) is 11.9. The number of nitrogens with one attached hydrogen (secondary N) is 1. The molecule has 0 aliphatic heterocycles. The van der Waals surface area contributed by atoms with Crippen molar-refractivity contribution in [3.8, 4) is 0 Å². The van der Waals surface area contributed by atoms with Crippen molar-refractivity contribution in [2.45, 2.75) is 58.1 Å². The Morgan fingerprint density at radius 2 is 2.10 bits per heavy atom. The minimum atomic E-state index is -0.108. The van der Waals surface area contributed by atoms with Crippen LogP contribution in [-0.2, 0) is 16.0 Å². The number of carbonyl (C=O) groups is 1. The Hall–Kier alpha value is -1.35. The van der Waals surface area contributed by atoms with E-state index in [0.717, 1.165) is 19.3 Å². The van der Waals surface area contributed by atoms with Gasteiger partial charge in [0.1, 0.15) is 6.10 Å². The fourth-order valence-electron chi connectivity index (χ4n) is 2.59. The van der Waals surface area contributed by atoms with Gasteiger partial charge >= 0.3 is 5.97 Å². The summed E-state index contributed by atoms with van der Waals surface area (Å²) in [5.74, 6) is -0.108. The third-order valence-electron chi connectivity index (χ3n) is 3.57. The summed E-state index contributed by atoms with van der Waals surface area (Å²) in [7, 11) is 0. The molecule has 1 N–H and O–H groups in total. The number of ether oxygens (including phenoxy) is 1. The first-order valence-corrected chi connectivity index (χ1v) is 7.48. The first kappa shape index (κ1) is 15.0. The van der Waals surface area contributed by atoms with Crippen LogP contribution in [0.3, 0.4) is 0 Å². The minimum absolute atomic E-state index is 0.0394. The van der Waals surface area contributed by atoms with Crippen molar-refractivity contribution < 1.29 is 9.53 Å². The maximum atomic E-state index is 11.9. The fraction of sp³-hybridized carbons (Fsp3) is 0.588. The Morgan fingerprint density at radius 1 is 1.35 bits per heavy atom. The van der Waals surface area contributed by atoms with E-state index in [2.05, 4.69) is 44.3 Å². The third-order valence-corrected chi connectivity index (χ3v) is 3.57. The summed E-state index contributed by atoms with van der Waals surface area (Å²) in [5.41, 5.74) is 2.55. The number of rotatable bonds is 4. The Morgan fingerprint density at radius 3 is 2.85 bits per heavy atom. The third kappa shape index (κ3) is 4.34. The zero-order valence-corrected chi connectivity index (χ0v) is 12.7. The van der Waals surface area contributed by atoms with Crippen LogP contribution in [-0.4, -0.2) is 18.1 Å². The molecule has 1 aliphatic rings. The highest BCUT2D eigenvalue weighted by Crippen LogP contribution is 2.32. The zero-order chi connectivity index (χ0) is 14.6. The number of carbonyl (C=O) groups excluding carboxylic acids is 1. The lowest BCUT2D eigenvalue weighted by Crippen LogP contribution is -2.37. The molecule has 0 saturated heterocycles. The van der Waals surface area contributed by atoms with Gasteiger partial charge in [-0.2, -0.15) is 0 Å². The molecule has 1 aromatic carbocycles.